The molecule has 0 bridgehead atoms. The highest BCUT2D eigenvalue weighted by molar-refractivity contribution is 5.93. The first-order valence-electron chi connectivity index (χ1n) is 7.63. The quantitative estimate of drug-likeness (QED) is 0.799. The van der Waals surface area contributed by atoms with E-state index in [0.29, 0.717) is 5.69 Å². The van der Waals surface area contributed by atoms with Gasteiger partial charge in [-0.1, -0.05) is 48.5 Å². The number of aryl methyl sites for hydroxylation is 1. The predicted octanol–water partition coefficient (Wildman–Crippen LogP) is 3.67. The summed E-state index contributed by atoms with van der Waals surface area (Å²) in [5.74, 6) is -0.134. The maximum absolute atomic E-state index is 12.7. The number of nitrogens with zero attached hydrogens (tertiary/aromatic N) is 2. The fourth-order valence-electron chi connectivity index (χ4n) is 2.52. The number of hydrogen-bond acceptors (Lipinski definition) is 2. The highest BCUT2D eigenvalue weighted by Gasteiger charge is 2.17. The number of rotatable bonds is 4. The minimum atomic E-state index is -0.134. The van der Waals surface area contributed by atoms with Crippen molar-refractivity contribution in [3.63, 3.8) is 0 Å². The first-order valence-corrected chi connectivity index (χ1v) is 7.63. The van der Waals surface area contributed by atoms with Crippen molar-refractivity contribution in [2.45, 2.75) is 19.9 Å². The van der Waals surface area contributed by atoms with Gasteiger partial charge < -0.3 is 5.32 Å². The standard InChI is InChI=1S/C19H19N3O/c1-14-13-18(22(21-14)17-11-7-4-8-12-17)19(23)20-15(2)16-9-5-3-6-10-16/h3-13,15H,1-2H3,(H,20,23)/t15-/m1/s1. The monoisotopic (exact) mass is 305 g/mol. The number of carbonyl (C=O) groups is 1. The van der Waals surface area contributed by atoms with Crippen LogP contribution in [0.3, 0.4) is 0 Å². The second-order valence-corrected chi connectivity index (χ2v) is 5.52. The number of amides is 1. The maximum atomic E-state index is 12.7. The molecule has 3 rings (SSSR count). The van der Waals surface area contributed by atoms with Crippen LogP contribution in [0.25, 0.3) is 5.69 Å². The van der Waals surface area contributed by atoms with Gasteiger partial charge in [0.2, 0.25) is 0 Å². The molecule has 0 saturated carbocycles. The summed E-state index contributed by atoms with van der Waals surface area (Å²) in [5.41, 5.74) is 3.30. The molecule has 3 aromatic rings. The Labute approximate surface area is 135 Å². The molecule has 4 nitrogen and oxygen atoms in total. The normalized spacial score (nSPS) is 11.9. The van der Waals surface area contributed by atoms with Gasteiger partial charge in [-0.3, -0.25) is 4.79 Å². The molecular formula is C19H19N3O. The Morgan fingerprint density at radius 3 is 2.30 bits per heavy atom. The molecule has 1 heterocycles. The second-order valence-electron chi connectivity index (χ2n) is 5.52. The van der Waals surface area contributed by atoms with Gasteiger partial charge in [0, 0.05) is 0 Å². The van der Waals surface area contributed by atoms with Gasteiger partial charge in [0.1, 0.15) is 5.69 Å². The Kier molecular flexibility index (Phi) is 4.24. The molecule has 0 aliphatic rings. The fraction of sp³-hybridized carbons (Fsp3) is 0.158. The molecular weight excluding hydrogens is 286 g/mol. The highest BCUT2D eigenvalue weighted by Crippen LogP contribution is 2.15. The van der Waals surface area contributed by atoms with E-state index in [1.54, 1.807) is 10.7 Å². The Morgan fingerprint density at radius 1 is 1.04 bits per heavy atom. The van der Waals surface area contributed by atoms with Crippen molar-refractivity contribution >= 4 is 5.91 Å². The molecule has 0 aliphatic carbocycles. The minimum Gasteiger partial charge on any atom is -0.344 e. The number of para-hydroxylation sites is 1. The summed E-state index contributed by atoms with van der Waals surface area (Å²) in [6.45, 7) is 3.86. The molecule has 1 atom stereocenters. The molecule has 0 saturated heterocycles. The SMILES string of the molecule is Cc1cc(C(=O)N[C@H](C)c2ccccc2)n(-c2ccccc2)n1. The van der Waals surface area contributed by atoms with E-state index in [2.05, 4.69) is 10.4 Å². The van der Waals surface area contributed by atoms with E-state index in [1.165, 1.54) is 0 Å². The first kappa shape index (κ1) is 15.0. The number of carbonyl (C=O) groups excluding carboxylic acids is 1. The van der Waals surface area contributed by atoms with Crippen LogP contribution in [0.4, 0.5) is 0 Å². The minimum absolute atomic E-state index is 0.0665. The summed E-state index contributed by atoms with van der Waals surface area (Å²) in [6, 6.07) is 21.3. The molecule has 23 heavy (non-hydrogen) atoms. The van der Waals surface area contributed by atoms with Crippen LogP contribution in [0, 0.1) is 6.92 Å². The molecule has 1 amide bonds. The van der Waals surface area contributed by atoms with E-state index in [1.807, 2.05) is 74.5 Å². The second kappa shape index (κ2) is 6.48. The molecule has 0 unspecified atom stereocenters. The van der Waals surface area contributed by atoms with Gasteiger partial charge in [0.15, 0.2) is 0 Å². The molecule has 1 aromatic heterocycles. The van der Waals surface area contributed by atoms with E-state index < -0.39 is 0 Å². The van der Waals surface area contributed by atoms with E-state index >= 15 is 0 Å². The average molecular weight is 305 g/mol. The van der Waals surface area contributed by atoms with Crippen LogP contribution in [0.2, 0.25) is 0 Å². The predicted molar refractivity (Wildman–Crippen MR) is 90.6 cm³/mol. The summed E-state index contributed by atoms with van der Waals surface area (Å²) in [4.78, 5) is 12.7. The van der Waals surface area contributed by atoms with Gasteiger partial charge >= 0.3 is 0 Å². The summed E-state index contributed by atoms with van der Waals surface area (Å²) in [7, 11) is 0. The lowest BCUT2D eigenvalue weighted by atomic mass is 10.1. The van der Waals surface area contributed by atoms with Crippen LogP contribution >= 0.6 is 0 Å². The number of nitrogens with one attached hydrogen (secondary N) is 1. The largest absolute Gasteiger partial charge is 0.344 e. The Bertz CT molecular complexity index is 794. The van der Waals surface area contributed by atoms with Gasteiger partial charge in [0.05, 0.1) is 17.4 Å². The zero-order valence-electron chi connectivity index (χ0n) is 13.2. The van der Waals surface area contributed by atoms with Gasteiger partial charge in [-0.2, -0.15) is 5.10 Å². The third-order valence-electron chi connectivity index (χ3n) is 3.71. The number of benzene rings is 2. The van der Waals surface area contributed by atoms with Crippen molar-refractivity contribution in [2.24, 2.45) is 0 Å². The molecule has 1 N–H and O–H groups in total. The number of aromatic nitrogens is 2. The third-order valence-corrected chi connectivity index (χ3v) is 3.71. The smallest absolute Gasteiger partial charge is 0.270 e. The van der Waals surface area contributed by atoms with Crippen molar-refractivity contribution in [2.75, 3.05) is 0 Å². The van der Waals surface area contributed by atoms with Crippen LogP contribution in [0.15, 0.2) is 66.7 Å². The number of hydrogen-bond donors (Lipinski definition) is 1. The van der Waals surface area contributed by atoms with Gasteiger partial charge in [-0.25, -0.2) is 4.68 Å². The zero-order chi connectivity index (χ0) is 16.2. The summed E-state index contributed by atoms with van der Waals surface area (Å²) in [6.07, 6.45) is 0. The van der Waals surface area contributed by atoms with Crippen LogP contribution in [-0.2, 0) is 0 Å². The summed E-state index contributed by atoms with van der Waals surface area (Å²) >= 11 is 0. The highest BCUT2D eigenvalue weighted by atomic mass is 16.2. The lowest BCUT2D eigenvalue weighted by Gasteiger charge is -2.15. The van der Waals surface area contributed by atoms with Crippen molar-refractivity contribution < 1.29 is 4.79 Å². The topological polar surface area (TPSA) is 46.9 Å². The third kappa shape index (κ3) is 3.31. The lowest BCUT2D eigenvalue weighted by Crippen LogP contribution is -2.28. The Balaban J connectivity index is 1.86. The van der Waals surface area contributed by atoms with Gasteiger partial charge in [-0.05, 0) is 37.6 Å². The van der Waals surface area contributed by atoms with E-state index in [0.717, 1.165) is 16.9 Å². The molecule has 116 valence electrons. The van der Waals surface area contributed by atoms with E-state index in [4.69, 9.17) is 0 Å². The van der Waals surface area contributed by atoms with Crippen molar-refractivity contribution in [3.05, 3.63) is 83.7 Å². The zero-order valence-corrected chi connectivity index (χ0v) is 13.2. The molecule has 4 heteroatoms. The summed E-state index contributed by atoms with van der Waals surface area (Å²) < 4.78 is 1.68. The van der Waals surface area contributed by atoms with Crippen molar-refractivity contribution in [3.8, 4) is 5.69 Å². The van der Waals surface area contributed by atoms with Crippen LogP contribution < -0.4 is 5.32 Å². The van der Waals surface area contributed by atoms with Gasteiger partial charge in [0.25, 0.3) is 5.91 Å². The van der Waals surface area contributed by atoms with Crippen molar-refractivity contribution in [1.82, 2.24) is 15.1 Å². The van der Waals surface area contributed by atoms with E-state index in [9.17, 15) is 4.79 Å². The molecule has 0 spiro atoms. The molecule has 0 aliphatic heterocycles. The Morgan fingerprint density at radius 2 is 1.65 bits per heavy atom. The summed E-state index contributed by atoms with van der Waals surface area (Å²) in [5, 5.41) is 7.47. The molecule has 0 fully saturated rings. The first-order chi connectivity index (χ1) is 11.1. The fourth-order valence-corrected chi connectivity index (χ4v) is 2.52. The van der Waals surface area contributed by atoms with E-state index in [-0.39, 0.29) is 11.9 Å². The van der Waals surface area contributed by atoms with Crippen LogP contribution in [0.5, 0.6) is 0 Å². The van der Waals surface area contributed by atoms with Crippen LogP contribution in [-0.4, -0.2) is 15.7 Å². The Hall–Kier alpha value is -2.88. The molecule has 0 radical (unpaired) electrons. The lowest BCUT2D eigenvalue weighted by molar-refractivity contribution is 0.0932. The van der Waals surface area contributed by atoms with Crippen molar-refractivity contribution in [1.29, 1.82) is 0 Å². The molecule has 2 aromatic carbocycles. The van der Waals surface area contributed by atoms with Crippen LogP contribution in [0.1, 0.15) is 34.7 Å². The van der Waals surface area contributed by atoms with Gasteiger partial charge in [-0.15, -0.1) is 0 Å². The average Bonchev–Trinajstić information content (AvgIpc) is 2.98. The maximum Gasteiger partial charge on any atom is 0.270 e.